The van der Waals surface area contributed by atoms with Gasteiger partial charge in [-0.1, -0.05) is 18.2 Å². The van der Waals surface area contributed by atoms with Gasteiger partial charge in [0.05, 0.1) is 17.3 Å². The lowest BCUT2D eigenvalue weighted by atomic mass is 10.1. The molecule has 0 aliphatic rings. The molecule has 0 unspecified atom stereocenters. The minimum absolute atomic E-state index is 0.159. The van der Waals surface area contributed by atoms with E-state index in [0.717, 1.165) is 10.4 Å². The maximum atomic E-state index is 12.3. The summed E-state index contributed by atoms with van der Waals surface area (Å²) < 4.78 is 3.02. The van der Waals surface area contributed by atoms with Crippen LogP contribution < -0.4 is 11.0 Å². The molecule has 0 saturated heterocycles. The number of hydrogen-bond acceptors (Lipinski definition) is 4. The number of hydrazone groups is 1. The third-order valence-corrected chi connectivity index (χ3v) is 3.52. The van der Waals surface area contributed by atoms with Crippen LogP contribution in [0.15, 0.2) is 52.5 Å². The van der Waals surface area contributed by atoms with E-state index in [1.807, 2.05) is 29.9 Å². The third kappa shape index (κ3) is 2.76. The van der Waals surface area contributed by atoms with Gasteiger partial charge in [0.15, 0.2) is 5.69 Å². The van der Waals surface area contributed by atoms with Crippen molar-refractivity contribution < 1.29 is 4.79 Å². The number of aryl methyl sites for hydroxylation is 2. The maximum Gasteiger partial charge on any atom is 0.292 e. The van der Waals surface area contributed by atoms with Crippen LogP contribution in [0.5, 0.6) is 0 Å². The molecule has 7 nitrogen and oxygen atoms in total. The van der Waals surface area contributed by atoms with Gasteiger partial charge in [-0.05, 0) is 18.2 Å². The molecule has 0 aliphatic carbocycles. The van der Waals surface area contributed by atoms with Gasteiger partial charge in [0, 0.05) is 25.7 Å². The largest absolute Gasteiger partial charge is 0.350 e. The van der Waals surface area contributed by atoms with Gasteiger partial charge in [-0.25, -0.2) is 10.1 Å². The zero-order valence-electron chi connectivity index (χ0n) is 12.7. The Hall–Kier alpha value is -3.22. The summed E-state index contributed by atoms with van der Waals surface area (Å²) in [5, 5.41) is 8.93. The second kappa shape index (κ2) is 5.88. The van der Waals surface area contributed by atoms with Crippen molar-refractivity contribution in [3.63, 3.8) is 0 Å². The molecule has 2 aromatic heterocycles. The molecule has 0 bridgehead atoms. The Morgan fingerprint density at radius 1 is 1.17 bits per heavy atom. The van der Waals surface area contributed by atoms with Gasteiger partial charge in [-0.2, -0.15) is 10.2 Å². The number of rotatable bonds is 3. The van der Waals surface area contributed by atoms with Crippen molar-refractivity contribution in [1.82, 2.24) is 19.8 Å². The molecule has 23 heavy (non-hydrogen) atoms. The topological polar surface area (TPSA) is 81.3 Å². The minimum atomic E-state index is -0.470. The molecule has 0 saturated carbocycles. The standard InChI is InChI=1S/C16H15N5O2/c1-20-9-5-6-11(20)10-17-18-15(22)14-12-7-3-4-8-13(12)16(23)21(2)19-14/h3-10H,1-2H3,(H,18,22)/b17-10+. The van der Waals surface area contributed by atoms with E-state index >= 15 is 0 Å². The van der Waals surface area contributed by atoms with Crippen LogP contribution in [0.2, 0.25) is 0 Å². The summed E-state index contributed by atoms with van der Waals surface area (Å²) in [6.07, 6.45) is 3.42. The third-order valence-electron chi connectivity index (χ3n) is 3.52. The first-order chi connectivity index (χ1) is 11.1. The molecular formula is C16H15N5O2. The van der Waals surface area contributed by atoms with Crippen molar-refractivity contribution in [3.05, 3.63) is 64.3 Å². The van der Waals surface area contributed by atoms with Crippen molar-refractivity contribution >= 4 is 22.9 Å². The summed E-state index contributed by atoms with van der Waals surface area (Å²) in [6.45, 7) is 0. The molecule has 3 rings (SSSR count). The van der Waals surface area contributed by atoms with Crippen molar-refractivity contribution in [1.29, 1.82) is 0 Å². The molecule has 0 atom stereocenters. The van der Waals surface area contributed by atoms with Crippen LogP contribution >= 0.6 is 0 Å². The van der Waals surface area contributed by atoms with Crippen LogP contribution in [-0.2, 0) is 14.1 Å². The number of nitrogens with one attached hydrogen (secondary N) is 1. The number of aromatic nitrogens is 3. The number of carbonyl (C=O) groups is 1. The van der Waals surface area contributed by atoms with E-state index in [9.17, 15) is 9.59 Å². The molecule has 2 heterocycles. The highest BCUT2D eigenvalue weighted by Crippen LogP contribution is 2.12. The van der Waals surface area contributed by atoms with Gasteiger partial charge in [0.1, 0.15) is 0 Å². The number of carbonyl (C=O) groups excluding carboxylic acids is 1. The van der Waals surface area contributed by atoms with E-state index in [4.69, 9.17) is 0 Å². The minimum Gasteiger partial charge on any atom is -0.350 e. The van der Waals surface area contributed by atoms with Gasteiger partial charge in [0.2, 0.25) is 0 Å². The number of amides is 1. The smallest absolute Gasteiger partial charge is 0.292 e. The molecule has 0 radical (unpaired) electrons. The quantitative estimate of drug-likeness (QED) is 0.579. The summed E-state index contributed by atoms with van der Waals surface area (Å²) >= 11 is 0. The summed E-state index contributed by atoms with van der Waals surface area (Å²) in [5.74, 6) is -0.470. The van der Waals surface area contributed by atoms with Crippen LogP contribution in [0.4, 0.5) is 0 Å². The fourth-order valence-electron chi connectivity index (χ4n) is 2.29. The molecular weight excluding hydrogens is 294 g/mol. The monoisotopic (exact) mass is 309 g/mol. The Bertz CT molecular complexity index is 968. The molecule has 1 amide bonds. The second-order valence-electron chi connectivity index (χ2n) is 5.07. The van der Waals surface area contributed by atoms with Crippen LogP contribution in [0.3, 0.4) is 0 Å². The Morgan fingerprint density at radius 2 is 1.91 bits per heavy atom. The molecule has 116 valence electrons. The van der Waals surface area contributed by atoms with E-state index in [-0.39, 0.29) is 11.3 Å². The van der Waals surface area contributed by atoms with Gasteiger partial charge in [-0.3, -0.25) is 9.59 Å². The number of hydrogen-bond donors (Lipinski definition) is 1. The first-order valence-corrected chi connectivity index (χ1v) is 6.98. The first-order valence-electron chi connectivity index (χ1n) is 6.98. The molecule has 1 N–H and O–H groups in total. The Kier molecular flexibility index (Phi) is 3.76. The van der Waals surface area contributed by atoms with E-state index < -0.39 is 5.91 Å². The van der Waals surface area contributed by atoms with Crippen molar-refractivity contribution in [2.45, 2.75) is 0 Å². The molecule has 0 fully saturated rings. The lowest BCUT2D eigenvalue weighted by molar-refractivity contribution is 0.0950. The molecule has 3 aromatic rings. The van der Waals surface area contributed by atoms with Crippen molar-refractivity contribution in [3.8, 4) is 0 Å². The summed E-state index contributed by atoms with van der Waals surface area (Å²) in [7, 11) is 3.39. The Morgan fingerprint density at radius 3 is 2.61 bits per heavy atom. The molecule has 1 aromatic carbocycles. The Balaban J connectivity index is 1.93. The highest BCUT2D eigenvalue weighted by molar-refractivity contribution is 6.04. The summed E-state index contributed by atoms with van der Waals surface area (Å²) in [6, 6.07) is 10.6. The van der Waals surface area contributed by atoms with Crippen LogP contribution in [0.1, 0.15) is 16.2 Å². The first kappa shape index (κ1) is 14.7. The molecule has 0 aliphatic heterocycles. The second-order valence-corrected chi connectivity index (χ2v) is 5.07. The zero-order chi connectivity index (χ0) is 16.4. The average Bonchev–Trinajstić information content (AvgIpc) is 2.96. The fourth-order valence-corrected chi connectivity index (χ4v) is 2.29. The van der Waals surface area contributed by atoms with Crippen LogP contribution in [0.25, 0.3) is 10.8 Å². The summed E-state index contributed by atoms with van der Waals surface area (Å²) in [4.78, 5) is 24.4. The van der Waals surface area contributed by atoms with Crippen molar-refractivity contribution in [2.75, 3.05) is 0 Å². The number of nitrogens with zero attached hydrogens (tertiary/aromatic N) is 4. The van der Waals surface area contributed by atoms with E-state index in [1.165, 1.54) is 7.05 Å². The predicted molar refractivity (Wildman–Crippen MR) is 87.5 cm³/mol. The SMILES string of the molecule is Cn1cccc1/C=N/NC(=O)c1nn(C)c(=O)c2ccccc12. The maximum absolute atomic E-state index is 12.3. The van der Waals surface area contributed by atoms with Gasteiger partial charge in [-0.15, -0.1) is 0 Å². The molecule has 0 spiro atoms. The predicted octanol–water partition coefficient (Wildman–Crippen LogP) is 1.04. The number of fused-ring (bicyclic) bond motifs is 1. The van der Waals surface area contributed by atoms with Crippen molar-refractivity contribution in [2.24, 2.45) is 19.2 Å². The van der Waals surface area contributed by atoms with Gasteiger partial charge < -0.3 is 4.57 Å². The average molecular weight is 309 g/mol. The lowest BCUT2D eigenvalue weighted by Crippen LogP contribution is -2.27. The van der Waals surface area contributed by atoms with Gasteiger partial charge in [0.25, 0.3) is 11.5 Å². The lowest BCUT2D eigenvalue weighted by Gasteiger charge is -2.06. The normalized spacial score (nSPS) is 11.2. The highest BCUT2D eigenvalue weighted by Gasteiger charge is 2.14. The van der Waals surface area contributed by atoms with E-state index in [2.05, 4.69) is 15.6 Å². The number of benzene rings is 1. The van der Waals surface area contributed by atoms with E-state index in [1.54, 1.807) is 30.5 Å². The zero-order valence-corrected chi connectivity index (χ0v) is 12.7. The van der Waals surface area contributed by atoms with Crippen LogP contribution in [-0.4, -0.2) is 26.5 Å². The van der Waals surface area contributed by atoms with Gasteiger partial charge >= 0.3 is 0 Å². The highest BCUT2D eigenvalue weighted by atomic mass is 16.2. The Labute approximate surface area is 131 Å². The fraction of sp³-hybridized carbons (Fsp3) is 0.125. The van der Waals surface area contributed by atoms with Crippen LogP contribution in [0, 0.1) is 0 Å². The summed E-state index contributed by atoms with van der Waals surface area (Å²) in [5.41, 5.74) is 3.21. The molecule has 7 heteroatoms. The van der Waals surface area contributed by atoms with E-state index in [0.29, 0.717) is 10.8 Å².